The van der Waals surface area contributed by atoms with Gasteiger partial charge in [-0.25, -0.2) is 9.97 Å². The molecule has 0 aliphatic heterocycles. The standard InChI is InChI=1S/C16H23N7/c1-5-6-14-19-15(13-9-17-23(4)16(13)20-14)18-10(2)7-12-8-11(3)21-22-12/h8-10H,5-7H2,1-4H3,(H,21,22)(H,18,19,20)/t10-/m1/s1. The molecule has 0 aliphatic rings. The zero-order valence-electron chi connectivity index (χ0n) is 14.1. The predicted octanol–water partition coefficient (Wildman–Crippen LogP) is 2.39. The van der Waals surface area contributed by atoms with Crippen LogP contribution in [-0.2, 0) is 19.9 Å². The first-order chi connectivity index (χ1) is 11.1. The maximum absolute atomic E-state index is 4.69. The Hall–Kier alpha value is -2.44. The number of nitrogens with one attached hydrogen (secondary N) is 2. The van der Waals surface area contributed by atoms with Crippen LogP contribution in [0.15, 0.2) is 12.3 Å². The Kier molecular flexibility index (Phi) is 4.27. The van der Waals surface area contributed by atoms with Gasteiger partial charge in [-0.15, -0.1) is 0 Å². The normalized spacial score (nSPS) is 12.7. The van der Waals surface area contributed by atoms with E-state index in [1.165, 1.54) is 0 Å². The zero-order valence-corrected chi connectivity index (χ0v) is 14.1. The highest BCUT2D eigenvalue weighted by atomic mass is 15.3. The number of anilines is 1. The topological polar surface area (TPSA) is 84.3 Å². The molecule has 3 rings (SSSR count). The van der Waals surface area contributed by atoms with Crippen LogP contribution in [0.4, 0.5) is 5.82 Å². The van der Waals surface area contributed by atoms with Crippen molar-refractivity contribution >= 4 is 16.9 Å². The summed E-state index contributed by atoms with van der Waals surface area (Å²) in [7, 11) is 1.91. The molecule has 0 spiro atoms. The van der Waals surface area contributed by atoms with E-state index in [0.29, 0.717) is 0 Å². The predicted molar refractivity (Wildman–Crippen MR) is 90.4 cm³/mol. The lowest BCUT2D eigenvalue weighted by Crippen LogP contribution is -2.20. The van der Waals surface area contributed by atoms with E-state index in [0.717, 1.165) is 53.3 Å². The molecule has 3 aromatic rings. The fraction of sp³-hybridized carbons (Fsp3) is 0.500. The Morgan fingerprint density at radius 1 is 1.35 bits per heavy atom. The molecule has 0 aliphatic carbocycles. The van der Waals surface area contributed by atoms with Crippen LogP contribution in [-0.4, -0.2) is 36.0 Å². The number of H-pyrrole nitrogens is 1. The number of aromatic amines is 1. The molecular formula is C16H23N7. The highest BCUT2D eigenvalue weighted by Crippen LogP contribution is 2.21. The molecular weight excluding hydrogens is 290 g/mol. The number of aromatic nitrogens is 6. The van der Waals surface area contributed by atoms with E-state index in [1.807, 2.05) is 20.2 Å². The quantitative estimate of drug-likeness (QED) is 0.730. The molecule has 0 radical (unpaired) electrons. The lowest BCUT2D eigenvalue weighted by atomic mass is 10.1. The summed E-state index contributed by atoms with van der Waals surface area (Å²) in [5, 5.41) is 16.0. The summed E-state index contributed by atoms with van der Waals surface area (Å²) in [6, 6.07) is 2.28. The second kappa shape index (κ2) is 6.36. The Labute approximate surface area is 135 Å². The summed E-state index contributed by atoms with van der Waals surface area (Å²) in [5.74, 6) is 1.71. The molecule has 3 heterocycles. The minimum atomic E-state index is 0.213. The summed E-state index contributed by atoms with van der Waals surface area (Å²) in [6.07, 6.45) is 4.53. The minimum absolute atomic E-state index is 0.213. The van der Waals surface area contributed by atoms with E-state index in [2.05, 4.69) is 50.5 Å². The number of hydrogen-bond donors (Lipinski definition) is 2. The van der Waals surface area contributed by atoms with Gasteiger partial charge in [-0.2, -0.15) is 10.2 Å². The van der Waals surface area contributed by atoms with Crippen LogP contribution in [0.3, 0.4) is 0 Å². The van der Waals surface area contributed by atoms with Gasteiger partial charge in [-0.05, 0) is 26.3 Å². The van der Waals surface area contributed by atoms with E-state index < -0.39 is 0 Å². The fourth-order valence-electron chi connectivity index (χ4n) is 2.69. The largest absolute Gasteiger partial charge is 0.367 e. The van der Waals surface area contributed by atoms with Gasteiger partial charge in [-0.3, -0.25) is 9.78 Å². The third kappa shape index (κ3) is 3.33. The molecule has 0 amide bonds. The van der Waals surface area contributed by atoms with Crippen LogP contribution in [0.2, 0.25) is 0 Å². The van der Waals surface area contributed by atoms with Gasteiger partial charge in [0.05, 0.1) is 17.3 Å². The van der Waals surface area contributed by atoms with Crippen LogP contribution in [0.25, 0.3) is 11.0 Å². The Morgan fingerprint density at radius 2 is 2.17 bits per heavy atom. The third-order valence-corrected chi connectivity index (χ3v) is 3.77. The van der Waals surface area contributed by atoms with Gasteiger partial charge in [-0.1, -0.05) is 6.92 Å². The van der Waals surface area contributed by atoms with Gasteiger partial charge in [0.1, 0.15) is 11.6 Å². The molecule has 122 valence electrons. The average Bonchev–Trinajstić information content (AvgIpc) is 3.06. The highest BCUT2D eigenvalue weighted by molar-refractivity contribution is 5.86. The van der Waals surface area contributed by atoms with E-state index in [9.17, 15) is 0 Å². The average molecular weight is 313 g/mol. The molecule has 23 heavy (non-hydrogen) atoms. The number of rotatable bonds is 6. The van der Waals surface area contributed by atoms with Crippen molar-refractivity contribution in [2.24, 2.45) is 7.05 Å². The number of fused-ring (bicyclic) bond motifs is 1. The second-order valence-electron chi connectivity index (χ2n) is 6.04. The van der Waals surface area contributed by atoms with E-state index in [1.54, 1.807) is 4.68 Å². The van der Waals surface area contributed by atoms with Crippen molar-refractivity contribution < 1.29 is 0 Å². The molecule has 0 fully saturated rings. The van der Waals surface area contributed by atoms with Crippen LogP contribution in [0, 0.1) is 6.92 Å². The van der Waals surface area contributed by atoms with E-state index in [-0.39, 0.29) is 6.04 Å². The SMILES string of the molecule is CCCc1nc(N[C@H](C)Cc2cc(C)[nH]n2)c2cnn(C)c2n1. The molecule has 7 heteroatoms. The van der Waals surface area contributed by atoms with Gasteiger partial charge >= 0.3 is 0 Å². The first-order valence-electron chi connectivity index (χ1n) is 8.03. The number of aryl methyl sites for hydroxylation is 3. The lowest BCUT2D eigenvalue weighted by Gasteiger charge is -2.14. The smallest absolute Gasteiger partial charge is 0.163 e. The third-order valence-electron chi connectivity index (χ3n) is 3.77. The molecule has 0 saturated carbocycles. The van der Waals surface area contributed by atoms with Gasteiger partial charge in [0, 0.05) is 31.6 Å². The Balaban J connectivity index is 1.85. The number of nitrogens with zero attached hydrogens (tertiary/aromatic N) is 5. The van der Waals surface area contributed by atoms with Crippen molar-refractivity contribution in [3.63, 3.8) is 0 Å². The van der Waals surface area contributed by atoms with Crippen molar-refractivity contribution in [2.75, 3.05) is 5.32 Å². The first kappa shape index (κ1) is 15.5. The zero-order chi connectivity index (χ0) is 16.4. The summed E-state index contributed by atoms with van der Waals surface area (Å²) in [6.45, 7) is 6.27. The summed E-state index contributed by atoms with van der Waals surface area (Å²) in [5.41, 5.74) is 3.00. The van der Waals surface area contributed by atoms with Gasteiger partial charge < -0.3 is 5.32 Å². The summed E-state index contributed by atoms with van der Waals surface area (Å²) in [4.78, 5) is 9.30. The minimum Gasteiger partial charge on any atom is -0.367 e. The monoisotopic (exact) mass is 313 g/mol. The van der Waals surface area contributed by atoms with Crippen molar-refractivity contribution in [1.29, 1.82) is 0 Å². The maximum atomic E-state index is 4.69. The molecule has 0 unspecified atom stereocenters. The van der Waals surface area contributed by atoms with Crippen LogP contribution < -0.4 is 5.32 Å². The molecule has 0 saturated heterocycles. The Bertz CT molecular complexity index is 802. The second-order valence-corrected chi connectivity index (χ2v) is 6.04. The van der Waals surface area contributed by atoms with Crippen molar-refractivity contribution in [3.05, 3.63) is 29.5 Å². The van der Waals surface area contributed by atoms with Gasteiger partial charge in [0.2, 0.25) is 0 Å². The van der Waals surface area contributed by atoms with Crippen molar-refractivity contribution in [3.8, 4) is 0 Å². The van der Waals surface area contributed by atoms with Crippen LogP contribution in [0.1, 0.15) is 37.5 Å². The summed E-state index contributed by atoms with van der Waals surface area (Å²) < 4.78 is 1.79. The van der Waals surface area contributed by atoms with Crippen LogP contribution in [0.5, 0.6) is 0 Å². The Morgan fingerprint density at radius 3 is 2.87 bits per heavy atom. The summed E-state index contributed by atoms with van der Waals surface area (Å²) >= 11 is 0. The first-order valence-corrected chi connectivity index (χ1v) is 8.03. The van der Waals surface area contributed by atoms with E-state index >= 15 is 0 Å². The molecule has 0 aromatic carbocycles. The molecule has 2 N–H and O–H groups in total. The molecule has 1 atom stereocenters. The molecule has 3 aromatic heterocycles. The number of hydrogen-bond acceptors (Lipinski definition) is 5. The highest BCUT2D eigenvalue weighted by Gasteiger charge is 2.14. The molecule has 0 bridgehead atoms. The molecule has 7 nitrogen and oxygen atoms in total. The van der Waals surface area contributed by atoms with E-state index in [4.69, 9.17) is 0 Å². The van der Waals surface area contributed by atoms with Crippen molar-refractivity contribution in [2.45, 2.75) is 46.1 Å². The lowest BCUT2D eigenvalue weighted by molar-refractivity contribution is 0.752. The van der Waals surface area contributed by atoms with Crippen LogP contribution >= 0.6 is 0 Å². The fourth-order valence-corrected chi connectivity index (χ4v) is 2.69. The van der Waals surface area contributed by atoms with Gasteiger partial charge in [0.15, 0.2) is 5.65 Å². The van der Waals surface area contributed by atoms with Crippen molar-refractivity contribution in [1.82, 2.24) is 29.9 Å². The maximum Gasteiger partial charge on any atom is 0.163 e. The van der Waals surface area contributed by atoms with Gasteiger partial charge in [0.25, 0.3) is 0 Å².